The highest BCUT2D eigenvalue weighted by atomic mass is 127. The number of benzene rings is 2. The third kappa shape index (κ3) is 5.48. The summed E-state index contributed by atoms with van der Waals surface area (Å²) in [4.78, 5) is 44.5. The summed E-state index contributed by atoms with van der Waals surface area (Å²) in [7, 11) is 3.53. The van der Waals surface area contributed by atoms with Crippen LogP contribution in [0.1, 0.15) is 5.56 Å². The van der Waals surface area contributed by atoms with Gasteiger partial charge in [-0.25, -0.2) is 9.59 Å². The van der Waals surface area contributed by atoms with Gasteiger partial charge in [0, 0.05) is 6.07 Å². The molecule has 0 bridgehead atoms. The molecule has 12 nitrogen and oxygen atoms in total. The Labute approximate surface area is 194 Å². The average Bonchev–Trinajstić information content (AvgIpc) is 2.77. The monoisotopic (exact) mass is 558 g/mol. The molecule has 32 heavy (non-hydrogen) atoms. The van der Waals surface area contributed by atoms with Gasteiger partial charge in [-0.1, -0.05) is 0 Å². The summed E-state index contributed by atoms with van der Waals surface area (Å²) < 4.78 is 20.5. The largest absolute Gasteiger partial charge is 0.493 e. The van der Waals surface area contributed by atoms with Gasteiger partial charge in [0.15, 0.2) is 11.5 Å². The lowest BCUT2D eigenvalue weighted by atomic mass is 10.1. The van der Waals surface area contributed by atoms with E-state index in [0.717, 1.165) is 32.4 Å². The molecule has 0 N–H and O–H groups in total. The summed E-state index contributed by atoms with van der Waals surface area (Å²) in [6.07, 6.45) is 1.22. The Morgan fingerprint density at radius 3 is 2.06 bits per heavy atom. The summed E-state index contributed by atoms with van der Waals surface area (Å²) in [5.74, 6) is -1.87. The average molecular weight is 558 g/mol. The molecule has 0 aromatic heterocycles. The van der Waals surface area contributed by atoms with Crippen molar-refractivity contribution in [2.75, 3.05) is 21.3 Å². The number of nitrogens with zero attached hydrogens (tertiary/aromatic N) is 2. The maximum absolute atomic E-state index is 11.9. The van der Waals surface area contributed by atoms with Crippen LogP contribution < -0.4 is 9.47 Å². The topological polar surface area (TPSA) is 157 Å². The van der Waals surface area contributed by atoms with Gasteiger partial charge in [-0.3, -0.25) is 20.2 Å². The summed E-state index contributed by atoms with van der Waals surface area (Å²) in [5.41, 5.74) is -1.10. The second-order valence-corrected chi connectivity index (χ2v) is 7.01. The zero-order valence-corrected chi connectivity index (χ0v) is 19.0. The van der Waals surface area contributed by atoms with Crippen LogP contribution in [-0.2, 0) is 19.1 Å². The lowest BCUT2D eigenvalue weighted by molar-refractivity contribution is -0.394. The van der Waals surface area contributed by atoms with Crippen molar-refractivity contribution in [1.82, 2.24) is 0 Å². The van der Waals surface area contributed by atoms with E-state index < -0.39 is 33.2 Å². The highest BCUT2D eigenvalue weighted by Gasteiger charge is 2.24. The molecule has 0 aliphatic rings. The van der Waals surface area contributed by atoms with Gasteiger partial charge in [-0.15, -0.1) is 0 Å². The molecule has 0 heterocycles. The van der Waals surface area contributed by atoms with Crippen LogP contribution >= 0.6 is 22.6 Å². The number of carbonyl (C=O) groups excluding carboxylic acids is 2. The molecule has 2 aromatic rings. The van der Waals surface area contributed by atoms with E-state index in [-0.39, 0.29) is 22.8 Å². The minimum Gasteiger partial charge on any atom is -0.493 e. The molecule has 2 aromatic carbocycles. The molecule has 2 rings (SSSR count). The van der Waals surface area contributed by atoms with E-state index >= 15 is 0 Å². The van der Waals surface area contributed by atoms with Gasteiger partial charge in [0.25, 0.3) is 5.69 Å². The smallest absolute Gasteiger partial charge is 0.345 e. The van der Waals surface area contributed by atoms with Crippen LogP contribution in [0.4, 0.5) is 11.4 Å². The minimum atomic E-state index is -0.910. The zero-order valence-electron chi connectivity index (χ0n) is 16.8. The summed E-state index contributed by atoms with van der Waals surface area (Å²) in [5, 5.41) is 22.3. The normalized spacial score (nSPS) is 10.0. The molecule has 13 heteroatoms. The first-order valence-corrected chi connectivity index (χ1v) is 9.57. The molecule has 0 saturated heterocycles. The Hall–Kier alpha value is -3.75. The fourth-order valence-corrected chi connectivity index (χ4v) is 3.20. The quantitative estimate of drug-likeness (QED) is 0.0891. The van der Waals surface area contributed by atoms with E-state index in [0.29, 0.717) is 9.13 Å². The molecular formula is C19H15IN2O10. The van der Waals surface area contributed by atoms with Crippen LogP contribution in [0.5, 0.6) is 17.2 Å². The number of carbonyl (C=O) groups is 2. The van der Waals surface area contributed by atoms with Crippen molar-refractivity contribution in [2.45, 2.75) is 0 Å². The number of nitro benzene ring substituents is 2. The second kappa shape index (κ2) is 10.5. The minimum absolute atomic E-state index is 0.0832. The molecule has 0 aliphatic heterocycles. The van der Waals surface area contributed by atoms with Gasteiger partial charge in [0.05, 0.1) is 40.8 Å². The molecule has 0 saturated carbocycles. The first kappa shape index (κ1) is 24.5. The predicted molar refractivity (Wildman–Crippen MR) is 118 cm³/mol. The van der Waals surface area contributed by atoms with Crippen molar-refractivity contribution in [3.8, 4) is 17.2 Å². The van der Waals surface area contributed by atoms with E-state index in [2.05, 4.69) is 9.47 Å². The van der Waals surface area contributed by atoms with Crippen LogP contribution in [-0.4, -0.2) is 43.1 Å². The standard InChI is InChI=1S/C19H15IN2O10/c1-29-16-8-10(6-12(18(23)30-2)19(24)31-3)7-13(20)17(16)32-15-5-4-11(21(25)26)9-14(15)22(27)28/h4-9H,1-3H3. The Bertz CT molecular complexity index is 1110. The fraction of sp³-hybridized carbons (Fsp3) is 0.158. The highest BCUT2D eigenvalue weighted by Crippen LogP contribution is 2.41. The number of non-ortho nitro benzene ring substituents is 1. The van der Waals surface area contributed by atoms with Crippen molar-refractivity contribution in [3.05, 3.63) is 65.3 Å². The maximum Gasteiger partial charge on any atom is 0.345 e. The molecule has 0 spiro atoms. The van der Waals surface area contributed by atoms with Gasteiger partial charge < -0.3 is 18.9 Å². The van der Waals surface area contributed by atoms with E-state index in [1.54, 1.807) is 0 Å². The lowest BCUT2D eigenvalue weighted by Crippen LogP contribution is -2.15. The summed E-state index contributed by atoms with van der Waals surface area (Å²) in [6.45, 7) is 0. The van der Waals surface area contributed by atoms with Crippen molar-refractivity contribution >= 4 is 52.0 Å². The van der Waals surface area contributed by atoms with Crippen LogP contribution in [0.15, 0.2) is 35.9 Å². The number of methoxy groups -OCH3 is 3. The SMILES string of the molecule is COC(=O)C(=Cc1cc(I)c(Oc2ccc([N+](=O)[O-])cc2[N+](=O)[O-])c(OC)c1)C(=O)OC. The molecule has 0 aliphatic carbocycles. The van der Waals surface area contributed by atoms with Gasteiger partial charge in [-0.2, -0.15) is 0 Å². The highest BCUT2D eigenvalue weighted by molar-refractivity contribution is 14.1. The summed E-state index contributed by atoms with van der Waals surface area (Å²) in [6, 6.07) is 5.89. The third-order valence-electron chi connectivity index (χ3n) is 3.94. The van der Waals surface area contributed by atoms with E-state index in [1.165, 1.54) is 25.3 Å². The Kier molecular flexibility index (Phi) is 8.06. The van der Waals surface area contributed by atoms with Crippen LogP contribution in [0.25, 0.3) is 6.08 Å². The first-order chi connectivity index (χ1) is 15.1. The number of hydrogen-bond donors (Lipinski definition) is 0. The predicted octanol–water partition coefficient (Wildman–Crippen LogP) is 3.64. The molecule has 0 radical (unpaired) electrons. The third-order valence-corrected chi connectivity index (χ3v) is 4.74. The van der Waals surface area contributed by atoms with E-state index in [1.807, 2.05) is 22.6 Å². The number of hydrogen-bond acceptors (Lipinski definition) is 10. The van der Waals surface area contributed by atoms with Gasteiger partial charge >= 0.3 is 17.6 Å². The van der Waals surface area contributed by atoms with Crippen molar-refractivity contribution in [1.29, 1.82) is 0 Å². The molecule has 168 valence electrons. The van der Waals surface area contributed by atoms with Crippen molar-refractivity contribution < 1.29 is 38.4 Å². The molecular weight excluding hydrogens is 543 g/mol. The van der Waals surface area contributed by atoms with Crippen LogP contribution in [0.3, 0.4) is 0 Å². The number of ether oxygens (including phenoxy) is 4. The maximum atomic E-state index is 11.9. The number of nitro groups is 2. The van der Waals surface area contributed by atoms with Gasteiger partial charge in [-0.05, 0) is 52.4 Å². The lowest BCUT2D eigenvalue weighted by Gasteiger charge is -2.14. The molecule has 0 fully saturated rings. The number of rotatable bonds is 8. The van der Waals surface area contributed by atoms with Crippen molar-refractivity contribution in [3.63, 3.8) is 0 Å². The molecule has 0 unspecified atom stereocenters. The Morgan fingerprint density at radius 1 is 0.938 bits per heavy atom. The number of esters is 2. The zero-order chi connectivity index (χ0) is 24.0. The van der Waals surface area contributed by atoms with E-state index in [9.17, 15) is 29.8 Å². The Morgan fingerprint density at radius 2 is 1.56 bits per heavy atom. The van der Waals surface area contributed by atoms with E-state index in [4.69, 9.17) is 9.47 Å². The first-order valence-electron chi connectivity index (χ1n) is 8.49. The molecule has 0 amide bonds. The molecule has 0 atom stereocenters. The van der Waals surface area contributed by atoms with Crippen molar-refractivity contribution in [2.24, 2.45) is 0 Å². The Balaban J connectivity index is 2.56. The second-order valence-electron chi connectivity index (χ2n) is 5.84. The number of halogens is 1. The van der Waals surface area contributed by atoms with Crippen LogP contribution in [0.2, 0.25) is 0 Å². The van der Waals surface area contributed by atoms with Crippen LogP contribution in [0, 0.1) is 23.8 Å². The van der Waals surface area contributed by atoms with Gasteiger partial charge in [0.1, 0.15) is 5.57 Å². The van der Waals surface area contributed by atoms with Gasteiger partial charge in [0.2, 0.25) is 5.75 Å². The summed E-state index contributed by atoms with van der Waals surface area (Å²) >= 11 is 1.86. The fourth-order valence-electron chi connectivity index (χ4n) is 2.47.